The number of thiophene rings is 1. The molecule has 1 aliphatic heterocycles. The highest BCUT2D eigenvalue weighted by atomic mass is 127. The Kier molecular flexibility index (Phi) is 10.6. The summed E-state index contributed by atoms with van der Waals surface area (Å²) in [4.78, 5) is 19.4. The zero-order valence-electron chi connectivity index (χ0n) is 17.5. The van der Waals surface area contributed by atoms with Crippen LogP contribution < -0.4 is 10.6 Å². The first kappa shape index (κ1) is 24.6. The minimum atomic E-state index is -0.262. The van der Waals surface area contributed by atoms with Crippen LogP contribution >= 0.6 is 35.3 Å². The molecule has 1 amide bonds. The molecule has 3 rings (SSSR count). The minimum absolute atomic E-state index is 0. The van der Waals surface area contributed by atoms with Gasteiger partial charge in [0, 0.05) is 33.2 Å². The maximum atomic E-state index is 13.2. The molecule has 164 valence electrons. The molecule has 1 aromatic heterocycles. The monoisotopic (exact) mass is 542 g/mol. The van der Waals surface area contributed by atoms with Crippen LogP contribution in [0.25, 0.3) is 0 Å². The summed E-state index contributed by atoms with van der Waals surface area (Å²) < 4.78 is 5.40. The molecule has 0 radical (unpaired) electrons. The van der Waals surface area contributed by atoms with Gasteiger partial charge in [-0.15, -0.1) is 24.0 Å². The Balaban J connectivity index is 0.00000320. The lowest BCUT2D eigenvalue weighted by Crippen LogP contribution is -2.47. The van der Waals surface area contributed by atoms with Gasteiger partial charge in [0.15, 0.2) is 5.96 Å². The third kappa shape index (κ3) is 6.95. The molecule has 1 saturated heterocycles. The van der Waals surface area contributed by atoms with Gasteiger partial charge in [0.2, 0.25) is 5.91 Å². The van der Waals surface area contributed by atoms with E-state index in [1.54, 1.807) is 18.4 Å². The zero-order valence-corrected chi connectivity index (χ0v) is 20.7. The second-order valence-electron chi connectivity index (χ2n) is 7.19. The smallest absolute Gasteiger partial charge is 0.232 e. The Morgan fingerprint density at radius 1 is 1.13 bits per heavy atom. The first-order chi connectivity index (χ1) is 14.2. The molecule has 2 atom stereocenters. The quantitative estimate of drug-likeness (QED) is 0.320. The molecular formula is C22H31IN4O2S. The normalized spacial score (nSPS) is 16.3. The number of nitrogens with zero attached hydrogens (tertiary/aromatic N) is 2. The van der Waals surface area contributed by atoms with Crippen LogP contribution in [0.5, 0.6) is 0 Å². The van der Waals surface area contributed by atoms with Crippen molar-refractivity contribution in [3.63, 3.8) is 0 Å². The van der Waals surface area contributed by atoms with Gasteiger partial charge in [0.05, 0.1) is 19.1 Å². The molecule has 1 fully saturated rings. The van der Waals surface area contributed by atoms with E-state index in [1.807, 2.05) is 35.2 Å². The lowest BCUT2D eigenvalue weighted by atomic mass is 9.97. The number of hydrogen-bond donors (Lipinski definition) is 2. The molecule has 30 heavy (non-hydrogen) atoms. The van der Waals surface area contributed by atoms with Crippen molar-refractivity contribution in [1.29, 1.82) is 0 Å². The molecule has 1 aromatic carbocycles. The van der Waals surface area contributed by atoms with Crippen LogP contribution in [0.3, 0.4) is 0 Å². The number of carbonyl (C=O) groups excluding carboxylic acids is 1. The third-order valence-electron chi connectivity index (χ3n) is 5.21. The number of hydrogen-bond acceptors (Lipinski definition) is 4. The van der Waals surface area contributed by atoms with Gasteiger partial charge in [-0.3, -0.25) is 9.79 Å². The highest BCUT2D eigenvalue weighted by Gasteiger charge is 2.27. The van der Waals surface area contributed by atoms with Crippen molar-refractivity contribution in [3.05, 3.63) is 58.3 Å². The van der Waals surface area contributed by atoms with Crippen LogP contribution in [0, 0.1) is 0 Å². The Bertz CT molecular complexity index is 780. The maximum absolute atomic E-state index is 13.2. The predicted molar refractivity (Wildman–Crippen MR) is 134 cm³/mol. The van der Waals surface area contributed by atoms with Crippen LogP contribution in [0.4, 0.5) is 0 Å². The number of morpholine rings is 1. The lowest BCUT2D eigenvalue weighted by Gasteiger charge is -2.31. The van der Waals surface area contributed by atoms with Gasteiger partial charge in [-0.2, -0.15) is 11.3 Å². The van der Waals surface area contributed by atoms with Crippen LogP contribution in [0.15, 0.2) is 52.2 Å². The first-order valence-electron chi connectivity index (χ1n) is 10.1. The van der Waals surface area contributed by atoms with Crippen LogP contribution in [-0.2, 0) is 9.53 Å². The fourth-order valence-electron chi connectivity index (χ4n) is 3.38. The largest absolute Gasteiger partial charge is 0.378 e. The Labute approximate surface area is 200 Å². The van der Waals surface area contributed by atoms with Gasteiger partial charge in [-0.05, 0) is 33.9 Å². The Morgan fingerprint density at radius 2 is 1.83 bits per heavy atom. The van der Waals surface area contributed by atoms with E-state index in [0.717, 1.165) is 12.1 Å². The lowest BCUT2D eigenvalue weighted by molar-refractivity contribution is -0.136. The predicted octanol–water partition coefficient (Wildman–Crippen LogP) is 3.28. The van der Waals surface area contributed by atoms with E-state index < -0.39 is 0 Å². The van der Waals surface area contributed by atoms with Crippen LogP contribution in [0.2, 0.25) is 0 Å². The summed E-state index contributed by atoms with van der Waals surface area (Å²) in [5, 5.41) is 11.0. The third-order valence-corrected chi connectivity index (χ3v) is 5.91. The zero-order chi connectivity index (χ0) is 20.5. The van der Waals surface area contributed by atoms with Gasteiger partial charge in [0.25, 0.3) is 0 Å². The molecule has 1 aliphatic rings. The fraction of sp³-hybridized carbons (Fsp3) is 0.455. The molecule has 2 heterocycles. The van der Waals surface area contributed by atoms with Gasteiger partial charge < -0.3 is 20.3 Å². The number of guanidine groups is 1. The van der Waals surface area contributed by atoms with Gasteiger partial charge in [-0.1, -0.05) is 37.3 Å². The molecule has 6 nitrogen and oxygen atoms in total. The molecule has 0 bridgehead atoms. The number of nitrogens with one attached hydrogen (secondary N) is 2. The van der Waals surface area contributed by atoms with Crippen LogP contribution in [-0.4, -0.2) is 63.2 Å². The standard InChI is InChI=1S/C22H30N4O2S.HI/c1-17(19-8-13-29-16-19)14-24-22(23-2)25-15-20(18-6-4-3-5-7-18)21(27)26-9-11-28-12-10-26;/h3-8,13,16-17,20H,9-12,14-15H2,1-2H3,(H2,23,24,25);1H. The van der Waals surface area contributed by atoms with Crippen molar-refractivity contribution in [2.75, 3.05) is 46.4 Å². The topological polar surface area (TPSA) is 66.0 Å². The number of ether oxygens (including phenoxy) is 1. The van der Waals surface area contributed by atoms with Gasteiger partial charge in [0.1, 0.15) is 0 Å². The van der Waals surface area contributed by atoms with E-state index in [0.29, 0.717) is 44.7 Å². The second-order valence-corrected chi connectivity index (χ2v) is 7.97. The summed E-state index contributed by atoms with van der Waals surface area (Å²) in [6.45, 7) is 5.96. The Hall–Kier alpha value is -1.65. The summed E-state index contributed by atoms with van der Waals surface area (Å²) in [7, 11) is 1.76. The van der Waals surface area contributed by atoms with Crippen LogP contribution in [0.1, 0.15) is 29.9 Å². The summed E-state index contributed by atoms with van der Waals surface area (Å²) in [5.74, 6) is 0.971. The van der Waals surface area contributed by atoms with E-state index in [4.69, 9.17) is 4.74 Å². The highest BCUT2D eigenvalue weighted by molar-refractivity contribution is 14.0. The number of benzene rings is 1. The molecule has 0 aliphatic carbocycles. The molecule has 0 spiro atoms. The first-order valence-corrected chi connectivity index (χ1v) is 11.0. The number of rotatable bonds is 7. The van der Waals surface area contributed by atoms with E-state index in [-0.39, 0.29) is 35.8 Å². The molecule has 0 saturated carbocycles. The number of carbonyl (C=O) groups is 1. The molecule has 2 unspecified atom stereocenters. The summed E-state index contributed by atoms with van der Waals surface area (Å²) in [6.07, 6.45) is 0. The summed E-state index contributed by atoms with van der Waals surface area (Å²) in [6, 6.07) is 12.1. The minimum Gasteiger partial charge on any atom is -0.378 e. The number of amides is 1. The molecule has 2 aromatic rings. The SMILES string of the molecule is CN=C(NCC(C)c1ccsc1)NCC(C(=O)N1CCOCC1)c1ccccc1.I. The van der Waals surface area contributed by atoms with Crippen molar-refractivity contribution in [2.45, 2.75) is 18.8 Å². The fourth-order valence-corrected chi connectivity index (χ4v) is 4.16. The maximum Gasteiger partial charge on any atom is 0.232 e. The van der Waals surface area contributed by atoms with Gasteiger partial charge in [-0.25, -0.2) is 0 Å². The van der Waals surface area contributed by atoms with Gasteiger partial charge >= 0.3 is 0 Å². The second kappa shape index (κ2) is 12.9. The van der Waals surface area contributed by atoms with E-state index in [9.17, 15) is 4.79 Å². The van der Waals surface area contributed by atoms with E-state index in [1.165, 1.54) is 5.56 Å². The summed E-state index contributed by atoms with van der Waals surface area (Å²) in [5.41, 5.74) is 2.33. The molecule has 2 N–H and O–H groups in total. The van der Waals surface area contributed by atoms with Crippen molar-refractivity contribution in [2.24, 2.45) is 4.99 Å². The van der Waals surface area contributed by atoms with E-state index in [2.05, 4.69) is 39.4 Å². The van der Waals surface area contributed by atoms with Crippen molar-refractivity contribution < 1.29 is 9.53 Å². The van der Waals surface area contributed by atoms with Crippen molar-refractivity contribution in [1.82, 2.24) is 15.5 Å². The molecule has 8 heteroatoms. The van der Waals surface area contributed by atoms with Crippen molar-refractivity contribution >= 4 is 47.2 Å². The number of aliphatic imine (C=N–C) groups is 1. The number of halogens is 1. The summed E-state index contributed by atoms with van der Waals surface area (Å²) >= 11 is 1.71. The average molecular weight is 542 g/mol. The molecular weight excluding hydrogens is 511 g/mol. The van der Waals surface area contributed by atoms with E-state index >= 15 is 0 Å². The Morgan fingerprint density at radius 3 is 2.47 bits per heavy atom. The highest BCUT2D eigenvalue weighted by Crippen LogP contribution is 2.19. The average Bonchev–Trinajstić information content (AvgIpc) is 3.32. The van der Waals surface area contributed by atoms with Crippen molar-refractivity contribution in [3.8, 4) is 0 Å².